The zero-order chi connectivity index (χ0) is 26.8. The van der Waals surface area contributed by atoms with E-state index in [4.69, 9.17) is 16.7 Å². The number of carbonyl (C=O) groups is 1. The van der Waals surface area contributed by atoms with Crippen LogP contribution in [0, 0.1) is 6.92 Å². The molecule has 2 aliphatic rings. The number of halogens is 1. The Balaban J connectivity index is 1.37. The summed E-state index contributed by atoms with van der Waals surface area (Å²) in [6, 6.07) is -0.0192. The monoisotopic (exact) mass is 546 g/mol. The molecule has 0 bridgehead atoms. The number of urea groups is 1. The van der Waals surface area contributed by atoms with Crippen LogP contribution in [-0.4, -0.2) is 37.9 Å². The Morgan fingerprint density at radius 1 is 0.868 bits per heavy atom. The zero-order valence-electron chi connectivity index (χ0n) is 24.0. The molecule has 8 heteroatoms. The minimum Gasteiger partial charge on any atom is -0.338 e. The molecule has 7 nitrogen and oxygen atoms in total. The number of nitrogens with zero attached hydrogens (tertiary/aromatic N) is 3. The third-order valence-corrected chi connectivity index (χ3v) is 9.85. The molecule has 0 aliphatic heterocycles. The predicted molar refractivity (Wildman–Crippen MR) is 156 cm³/mol. The predicted octanol–water partition coefficient (Wildman–Crippen LogP) is 8.14. The number of aromatic amines is 1. The number of fused-ring (bicyclic) bond motifs is 1. The number of unbranched alkanes of at least 4 members (excludes halogenated alkanes) is 9. The fraction of sp³-hybridized carbons (Fsp3) is 0.833. The van der Waals surface area contributed by atoms with Gasteiger partial charge in [0, 0.05) is 6.54 Å². The van der Waals surface area contributed by atoms with Gasteiger partial charge >= 0.3 is 6.03 Å². The maximum Gasteiger partial charge on any atom is 0.315 e. The third-order valence-electron chi connectivity index (χ3n) is 9.40. The van der Waals surface area contributed by atoms with E-state index in [1.54, 1.807) is 0 Å². The summed E-state index contributed by atoms with van der Waals surface area (Å²) in [5.41, 5.74) is 1.03. The average Bonchev–Trinajstić information content (AvgIpc) is 3.47. The minimum absolute atomic E-state index is 0.0192. The van der Waals surface area contributed by atoms with Crippen molar-refractivity contribution in [1.29, 1.82) is 0 Å². The first kappa shape index (κ1) is 29.2. The number of hydrogen-bond donors (Lipinski definition) is 3. The highest BCUT2D eigenvalue weighted by atomic mass is 35.5. The van der Waals surface area contributed by atoms with E-state index in [0.29, 0.717) is 10.7 Å². The van der Waals surface area contributed by atoms with E-state index >= 15 is 0 Å². The fourth-order valence-electron chi connectivity index (χ4n) is 7.25. The van der Waals surface area contributed by atoms with Gasteiger partial charge in [-0.3, -0.25) is 5.10 Å². The van der Waals surface area contributed by atoms with Gasteiger partial charge in [0.2, 0.25) is 0 Å². The van der Waals surface area contributed by atoms with Crippen LogP contribution in [0.2, 0.25) is 5.02 Å². The summed E-state index contributed by atoms with van der Waals surface area (Å²) in [5.74, 6) is 0.944. The van der Waals surface area contributed by atoms with Crippen molar-refractivity contribution in [2.24, 2.45) is 0 Å². The molecule has 2 aromatic rings. The molecule has 2 heterocycles. The molecule has 2 amide bonds. The van der Waals surface area contributed by atoms with Gasteiger partial charge in [-0.15, -0.1) is 10.2 Å². The number of rotatable bonds is 14. The van der Waals surface area contributed by atoms with Crippen molar-refractivity contribution in [2.45, 2.75) is 153 Å². The van der Waals surface area contributed by atoms with Crippen LogP contribution in [0.3, 0.4) is 0 Å². The molecule has 0 unspecified atom stereocenters. The van der Waals surface area contributed by atoms with Crippen LogP contribution in [-0.2, 0) is 5.41 Å². The van der Waals surface area contributed by atoms with Gasteiger partial charge in [-0.25, -0.2) is 9.31 Å². The van der Waals surface area contributed by atoms with Crippen LogP contribution >= 0.6 is 11.6 Å². The fourth-order valence-corrected chi connectivity index (χ4v) is 7.42. The third kappa shape index (κ3) is 6.51. The van der Waals surface area contributed by atoms with Gasteiger partial charge in [0.1, 0.15) is 5.02 Å². The smallest absolute Gasteiger partial charge is 0.315 e. The van der Waals surface area contributed by atoms with Crippen molar-refractivity contribution >= 4 is 23.3 Å². The molecular weight excluding hydrogens is 496 g/mol. The Morgan fingerprint density at radius 3 is 2.08 bits per heavy atom. The largest absolute Gasteiger partial charge is 0.338 e. The molecule has 2 aromatic heterocycles. The highest BCUT2D eigenvalue weighted by molar-refractivity contribution is 6.34. The second-order valence-corrected chi connectivity index (χ2v) is 12.5. The van der Waals surface area contributed by atoms with Gasteiger partial charge in [0.15, 0.2) is 11.5 Å². The first-order chi connectivity index (χ1) is 18.5. The van der Waals surface area contributed by atoms with Crippen LogP contribution in [0.5, 0.6) is 0 Å². The Labute approximate surface area is 234 Å². The van der Waals surface area contributed by atoms with Crippen LogP contribution in [0.15, 0.2) is 0 Å². The number of aromatic nitrogens is 4. The number of H-pyrrole nitrogens is 1. The number of amides is 2. The first-order valence-corrected chi connectivity index (χ1v) is 16.1. The Kier molecular flexibility index (Phi) is 10.8. The van der Waals surface area contributed by atoms with Crippen molar-refractivity contribution in [3.8, 4) is 0 Å². The zero-order valence-corrected chi connectivity index (χ0v) is 24.7. The summed E-state index contributed by atoms with van der Waals surface area (Å²) >= 11 is 6.55. The highest BCUT2D eigenvalue weighted by Crippen LogP contribution is 2.52. The summed E-state index contributed by atoms with van der Waals surface area (Å²) in [4.78, 5) is 13.4. The topological polar surface area (TPSA) is 87.1 Å². The molecule has 0 saturated heterocycles. The molecular formula is C30H51ClN6O. The minimum atomic E-state index is -0.317. The van der Waals surface area contributed by atoms with Crippen molar-refractivity contribution < 1.29 is 4.79 Å². The normalized spacial score (nSPS) is 19.0. The molecule has 2 aliphatic carbocycles. The maximum atomic E-state index is 13.4. The summed E-state index contributed by atoms with van der Waals surface area (Å²) in [5, 5.41) is 20.1. The standard InChI is InChI=1S/C30H51ClN6O/c1-3-4-5-6-7-8-9-10-11-18-23-32-28(38)33-30(21-16-13-17-22-30)29(19-14-12-15-20-29)27-35-34-26-25(31)24(2)36-37(26)27/h36H,3-23H2,1-2H3,(H2,32,33,38). The second kappa shape index (κ2) is 14.0. The number of carbonyl (C=O) groups excluding carboxylic acids is 1. The molecule has 3 N–H and O–H groups in total. The van der Waals surface area contributed by atoms with Crippen molar-refractivity contribution in [3.63, 3.8) is 0 Å². The lowest BCUT2D eigenvalue weighted by molar-refractivity contribution is 0.0741. The molecule has 2 fully saturated rings. The van der Waals surface area contributed by atoms with E-state index in [0.717, 1.165) is 75.9 Å². The molecule has 214 valence electrons. The summed E-state index contributed by atoms with van der Waals surface area (Å²) in [6.45, 7) is 4.99. The first-order valence-electron chi connectivity index (χ1n) is 15.7. The SMILES string of the molecule is CCCCCCCCCCCCNC(=O)NC1(C2(c3nnc4c(Cl)c(C)[nH]n34)CCCCC2)CCCCC1. The van der Waals surface area contributed by atoms with E-state index in [1.807, 2.05) is 11.4 Å². The lowest BCUT2D eigenvalue weighted by Crippen LogP contribution is -2.65. The van der Waals surface area contributed by atoms with Gasteiger partial charge in [-0.2, -0.15) is 0 Å². The summed E-state index contributed by atoms with van der Waals surface area (Å²) in [6.07, 6.45) is 24.0. The van der Waals surface area contributed by atoms with E-state index < -0.39 is 0 Å². The van der Waals surface area contributed by atoms with Crippen LogP contribution in [0.1, 0.15) is 147 Å². The van der Waals surface area contributed by atoms with E-state index in [9.17, 15) is 4.79 Å². The van der Waals surface area contributed by atoms with Gasteiger partial charge in [-0.1, -0.05) is 115 Å². The average molecular weight is 547 g/mol. The van der Waals surface area contributed by atoms with Crippen molar-refractivity contribution in [2.75, 3.05) is 6.54 Å². The molecule has 0 spiro atoms. The van der Waals surface area contributed by atoms with Crippen LogP contribution < -0.4 is 10.6 Å². The van der Waals surface area contributed by atoms with Crippen LogP contribution in [0.4, 0.5) is 4.79 Å². The van der Waals surface area contributed by atoms with Crippen molar-refractivity contribution in [1.82, 2.24) is 30.4 Å². The maximum absolute atomic E-state index is 13.4. The van der Waals surface area contributed by atoms with Crippen molar-refractivity contribution in [3.05, 3.63) is 16.5 Å². The molecule has 2 saturated carbocycles. The van der Waals surface area contributed by atoms with E-state index in [2.05, 4.69) is 27.8 Å². The number of aryl methyl sites for hydroxylation is 1. The van der Waals surface area contributed by atoms with Gasteiger partial charge in [0.25, 0.3) is 0 Å². The van der Waals surface area contributed by atoms with Gasteiger partial charge in [-0.05, 0) is 39.0 Å². The molecule has 38 heavy (non-hydrogen) atoms. The number of hydrogen-bond acceptors (Lipinski definition) is 3. The lowest BCUT2D eigenvalue weighted by Gasteiger charge is -2.53. The molecule has 0 radical (unpaired) electrons. The summed E-state index contributed by atoms with van der Waals surface area (Å²) < 4.78 is 2.00. The Hall–Kier alpha value is -1.76. The van der Waals surface area contributed by atoms with Gasteiger partial charge < -0.3 is 10.6 Å². The molecule has 4 rings (SSSR count). The molecule has 0 aromatic carbocycles. The quantitative estimate of drug-likeness (QED) is 0.209. The Morgan fingerprint density at radius 2 is 1.45 bits per heavy atom. The highest BCUT2D eigenvalue weighted by Gasteiger charge is 2.56. The van der Waals surface area contributed by atoms with Crippen LogP contribution in [0.25, 0.3) is 5.65 Å². The van der Waals surface area contributed by atoms with Gasteiger partial charge in [0.05, 0.1) is 16.6 Å². The lowest BCUT2D eigenvalue weighted by atomic mass is 9.56. The van der Waals surface area contributed by atoms with E-state index in [-0.39, 0.29) is 17.0 Å². The number of nitrogens with one attached hydrogen (secondary N) is 3. The molecule has 0 atom stereocenters. The van der Waals surface area contributed by atoms with E-state index in [1.165, 1.54) is 70.6 Å². The Bertz CT molecular complexity index is 1000. The second-order valence-electron chi connectivity index (χ2n) is 12.1. The summed E-state index contributed by atoms with van der Waals surface area (Å²) in [7, 11) is 0.